The van der Waals surface area contributed by atoms with Crippen molar-refractivity contribution in [3.8, 4) is 5.75 Å². The van der Waals surface area contributed by atoms with Crippen LogP contribution in [-0.4, -0.2) is 24.4 Å². The second-order valence-corrected chi connectivity index (χ2v) is 4.53. The van der Waals surface area contributed by atoms with E-state index in [1.807, 2.05) is 32.0 Å². The minimum Gasteiger partial charge on any atom is -0.491 e. The van der Waals surface area contributed by atoms with Gasteiger partial charge < -0.3 is 14.6 Å². The smallest absolute Gasteiger partial charge is 0.119 e. The van der Waals surface area contributed by atoms with E-state index in [2.05, 4.69) is 15.9 Å². The Hall–Kier alpha value is -0.580. The van der Waals surface area contributed by atoms with Gasteiger partial charge in [-0.25, -0.2) is 0 Å². The van der Waals surface area contributed by atoms with Crippen LogP contribution in [0.15, 0.2) is 22.7 Å². The Morgan fingerprint density at radius 3 is 2.69 bits per heavy atom. The molecule has 0 fully saturated rings. The summed E-state index contributed by atoms with van der Waals surface area (Å²) in [6.07, 6.45) is 0.224. The standard InChI is InChI=1S/C12H17BrO3/c1-9(2)15-5-6-16-11-3-4-12(13)10(7-11)8-14/h3-4,7,9,14H,5-6,8H2,1-2H3. The van der Waals surface area contributed by atoms with Crippen molar-refractivity contribution >= 4 is 15.9 Å². The summed E-state index contributed by atoms with van der Waals surface area (Å²) in [6.45, 7) is 5.07. The predicted octanol–water partition coefficient (Wildman–Crippen LogP) is 2.75. The number of hydrogen-bond acceptors (Lipinski definition) is 3. The fourth-order valence-electron chi connectivity index (χ4n) is 1.21. The molecule has 1 rings (SSSR count). The maximum Gasteiger partial charge on any atom is 0.119 e. The van der Waals surface area contributed by atoms with Crippen LogP contribution < -0.4 is 4.74 Å². The summed E-state index contributed by atoms with van der Waals surface area (Å²) in [4.78, 5) is 0. The lowest BCUT2D eigenvalue weighted by molar-refractivity contribution is 0.0552. The van der Waals surface area contributed by atoms with Crippen molar-refractivity contribution < 1.29 is 14.6 Å². The number of aliphatic hydroxyl groups is 1. The third-order valence-electron chi connectivity index (χ3n) is 1.99. The first kappa shape index (κ1) is 13.5. The number of hydrogen-bond donors (Lipinski definition) is 1. The van der Waals surface area contributed by atoms with Gasteiger partial charge in [0.2, 0.25) is 0 Å². The average Bonchev–Trinajstić information content (AvgIpc) is 2.26. The SMILES string of the molecule is CC(C)OCCOc1ccc(Br)c(CO)c1. The molecule has 0 atom stereocenters. The molecule has 1 aromatic carbocycles. The van der Waals surface area contributed by atoms with Gasteiger partial charge in [0, 0.05) is 4.47 Å². The van der Waals surface area contributed by atoms with Crippen LogP contribution in [0.5, 0.6) is 5.75 Å². The van der Waals surface area contributed by atoms with Gasteiger partial charge >= 0.3 is 0 Å². The molecule has 0 aromatic heterocycles. The van der Waals surface area contributed by atoms with Crippen molar-refractivity contribution in [1.29, 1.82) is 0 Å². The number of aliphatic hydroxyl groups excluding tert-OH is 1. The van der Waals surface area contributed by atoms with Gasteiger partial charge in [0.25, 0.3) is 0 Å². The molecule has 0 radical (unpaired) electrons. The Labute approximate surface area is 105 Å². The topological polar surface area (TPSA) is 38.7 Å². The summed E-state index contributed by atoms with van der Waals surface area (Å²) in [5.41, 5.74) is 0.822. The number of rotatable bonds is 6. The highest BCUT2D eigenvalue weighted by Gasteiger charge is 2.01. The minimum atomic E-state index is 0.000275. The molecule has 1 aromatic rings. The lowest BCUT2D eigenvalue weighted by Gasteiger charge is -2.10. The van der Waals surface area contributed by atoms with Gasteiger partial charge in [-0.15, -0.1) is 0 Å². The molecule has 0 spiro atoms. The first-order chi connectivity index (χ1) is 7.63. The largest absolute Gasteiger partial charge is 0.491 e. The van der Waals surface area contributed by atoms with Crippen molar-refractivity contribution in [1.82, 2.24) is 0 Å². The van der Waals surface area contributed by atoms with E-state index in [1.54, 1.807) is 0 Å². The van der Waals surface area contributed by atoms with Crippen LogP contribution in [0, 0.1) is 0 Å². The van der Waals surface area contributed by atoms with Gasteiger partial charge in [0.15, 0.2) is 0 Å². The van der Waals surface area contributed by atoms with E-state index >= 15 is 0 Å². The van der Waals surface area contributed by atoms with Crippen molar-refractivity contribution in [2.24, 2.45) is 0 Å². The highest BCUT2D eigenvalue weighted by atomic mass is 79.9. The molecule has 0 saturated heterocycles. The first-order valence-corrected chi connectivity index (χ1v) is 6.06. The Morgan fingerprint density at radius 1 is 1.31 bits per heavy atom. The second kappa shape index (κ2) is 6.89. The molecule has 4 heteroatoms. The van der Waals surface area contributed by atoms with Crippen molar-refractivity contribution in [2.45, 2.75) is 26.6 Å². The number of halogens is 1. The van der Waals surface area contributed by atoms with E-state index in [0.29, 0.717) is 13.2 Å². The number of ether oxygens (including phenoxy) is 2. The molecule has 0 saturated carbocycles. The summed E-state index contributed by atoms with van der Waals surface area (Å²) < 4.78 is 11.7. The zero-order valence-corrected chi connectivity index (χ0v) is 11.2. The van der Waals surface area contributed by atoms with Gasteiger partial charge in [-0.2, -0.15) is 0 Å². The van der Waals surface area contributed by atoms with Gasteiger partial charge in [-0.1, -0.05) is 15.9 Å². The van der Waals surface area contributed by atoms with Gasteiger partial charge in [0.1, 0.15) is 12.4 Å². The Bertz CT molecular complexity index is 326. The normalized spacial score (nSPS) is 10.8. The Balaban J connectivity index is 2.42. The Morgan fingerprint density at radius 2 is 2.06 bits per heavy atom. The van der Waals surface area contributed by atoms with Crippen LogP contribution in [0.2, 0.25) is 0 Å². The lowest BCUT2D eigenvalue weighted by atomic mass is 10.2. The zero-order chi connectivity index (χ0) is 12.0. The van der Waals surface area contributed by atoms with Crippen molar-refractivity contribution in [2.75, 3.05) is 13.2 Å². The monoisotopic (exact) mass is 288 g/mol. The van der Waals surface area contributed by atoms with E-state index in [-0.39, 0.29) is 12.7 Å². The molecule has 0 bridgehead atoms. The molecular weight excluding hydrogens is 272 g/mol. The van der Waals surface area contributed by atoms with E-state index < -0.39 is 0 Å². The molecule has 0 heterocycles. The summed E-state index contributed by atoms with van der Waals surface area (Å²) in [6, 6.07) is 5.54. The Kier molecular flexibility index (Phi) is 5.80. The van der Waals surface area contributed by atoms with Gasteiger partial charge in [-0.3, -0.25) is 0 Å². The fraction of sp³-hybridized carbons (Fsp3) is 0.500. The molecule has 90 valence electrons. The van der Waals surface area contributed by atoms with Crippen LogP contribution in [0.25, 0.3) is 0 Å². The highest BCUT2D eigenvalue weighted by Crippen LogP contribution is 2.22. The van der Waals surface area contributed by atoms with E-state index in [0.717, 1.165) is 15.8 Å². The minimum absolute atomic E-state index is 0.000275. The molecule has 3 nitrogen and oxygen atoms in total. The maximum absolute atomic E-state index is 9.08. The third kappa shape index (κ3) is 4.51. The molecule has 16 heavy (non-hydrogen) atoms. The van der Waals surface area contributed by atoms with E-state index in [4.69, 9.17) is 14.6 Å². The summed E-state index contributed by atoms with van der Waals surface area (Å²) in [5, 5.41) is 9.08. The summed E-state index contributed by atoms with van der Waals surface area (Å²) in [5.74, 6) is 0.750. The maximum atomic E-state index is 9.08. The van der Waals surface area contributed by atoms with Crippen LogP contribution in [0.1, 0.15) is 19.4 Å². The average molecular weight is 289 g/mol. The van der Waals surface area contributed by atoms with Crippen LogP contribution in [-0.2, 0) is 11.3 Å². The highest BCUT2D eigenvalue weighted by molar-refractivity contribution is 9.10. The predicted molar refractivity (Wildman–Crippen MR) is 66.6 cm³/mol. The van der Waals surface area contributed by atoms with Crippen molar-refractivity contribution in [3.05, 3.63) is 28.2 Å². The molecule has 0 aliphatic rings. The van der Waals surface area contributed by atoms with Crippen LogP contribution in [0.3, 0.4) is 0 Å². The second-order valence-electron chi connectivity index (χ2n) is 3.68. The third-order valence-corrected chi connectivity index (χ3v) is 2.76. The van der Waals surface area contributed by atoms with Gasteiger partial charge in [0.05, 0.1) is 19.3 Å². The molecule has 0 aliphatic heterocycles. The van der Waals surface area contributed by atoms with Crippen molar-refractivity contribution in [3.63, 3.8) is 0 Å². The zero-order valence-electron chi connectivity index (χ0n) is 9.57. The first-order valence-electron chi connectivity index (χ1n) is 5.27. The molecular formula is C12H17BrO3. The van der Waals surface area contributed by atoms with Gasteiger partial charge in [-0.05, 0) is 37.6 Å². The van der Waals surface area contributed by atoms with Crippen LogP contribution in [0.4, 0.5) is 0 Å². The summed E-state index contributed by atoms with van der Waals surface area (Å²) in [7, 11) is 0. The molecule has 0 unspecified atom stereocenters. The quantitative estimate of drug-likeness (QED) is 0.818. The van der Waals surface area contributed by atoms with Crippen LogP contribution >= 0.6 is 15.9 Å². The van der Waals surface area contributed by atoms with E-state index in [9.17, 15) is 0 Å². The number of benzene rings is 1. The lowest BCUT2D eigenvalue weighted by Crippen LogP contribution is -2.11. The van der Waals surface area contributed by atoms with E-state index in [1.165, 1.54) is 0 Å². The molecule has 1 N–H and O–H groups in total. The summed E-state index contributed by atoms with van der Waals surface area (Å²) >= 11 is 3.35. The molecule has 0 aliphatic carbocycles. The fourth-order valence-corrected chi connectivity index (χ4v) is 1.58. The molecule has 0 amide bonds.